The van der Waals surface area contributed by atoms with Crippen molar-refractivity contribution in [3.63, 3.8) is 0 Å². The van der Waals surface area contributed by atoms with Crippen LogP contribution in [0.4, 0.5) is 4.39 Å². The molecule has 172 valence electrons. The fourth-order valence-corrected chi connectivity index (χ4v) is 3.67. The Balaban J connectivity index is 1.96. The summed E-state index contributed by atoms with van der Waals surface area (Å²) in [4.78, 5) is 35.3. The maximum absolute atomic E-state index is 13.4. The fraction of sp³-hybridized carbons (Fsp3) is 0.304. The molecule has 9 nitrogen and oxygen atoms in total. The quantitative estimate of drug-likeness (QED) is 0.414. The molecule has 0 bridgehead atoms. The van der Waals surface area contributed by atoms with E-state index in [1.54, 1.807) is 42.1 Å². The number of halogens is 1. The predicted molar refractivity (Wildman–Crippen MR) is 120 cm³/mol. The second kappa shape index (κ2) is 9.78. The number of aliphatic hydroxyl groups is 1. The average molecular weight is 453 g/mol. The monoisotopic (exact) mass is 453 g/mol. The van der Waals surface area contributed by atoms with Gasteiger partial charge in [-0.15, -0.1) is 0 Å². The zero-order valence-electron chi connectivity index (χ0n) is 18.1. The fourth-order valence-electron chi connectivity index (χ4n) is 3.67. The van der Waals surface area contributed by atoms with Crippen molar-refractivity contribution in [2.75, 3.05) is 13.2 Å². The normalized spacial score (nSPS) is 11.2. The maximum Gasteiger partial charge on any atom is 0.333 e. The van der Waals surface area contributed by atoms with Crippen molar-refractivity contribution in [1.29, 1.82) is 0 Å². The Morgan fingerprint density at radius 2 is 1.79 bits per heavy atom. The highest BCUT2D eigenvalue weighted by Gasteiger charge is 2.23. The van der Waals surface area contributed by atoms with Crippen LogP contribution in [0.15, 0.2) is 58.4 Å². The third-order valence-corrected chi connectivity index (χ3v) is 5.21. The number of aromatic nitrogens is 5. The van der Waals surface area contributed by atoms with Crippen LogP contribution >= 0.6 is 0 Å². The third-order valence-electron chi connectivity index (χ3n) is 5.21. The van der Waals surface area contributed by atoms with Gasteiger partial charge in [0.1, 0.15) is 5.82 Å². The summed E-state index contributed by atoms with van der Waals surface area (Å²) >= 11 is 0. The van der Waals surface area contributed by atoms with Gasteiger partial charge in [0.2, 0.25) is 0 Å². The molecular formula is C23H24FN5O4. The van der Waals surface area contributed by atoms with E-state index in [0.29, 0.717) is 6.61 Å². The van der Waals surface area contributed by atoms with Gasteiger partial charge in [0.15, 0.2) is 11.2 Å². The van der Waals surface area contributed by atoms with E-state index in [0.717, 1.165) is 15.7 Å². The molecule has 0 amide bonds. The summed E-state index contributed by atoms with van der Waals surface area (Å²) < 4.78 is 23.2. The van der Waals surface area contributed by atoms with Crippen molar-refractivity contribution in [2.45, 2.75) is 33.0 Å². The summed E-state index contributed by atoms with van der Waals surface area (Å²) in [5, 5.41) is 9.27. The summed E-state index contributed by atoms with van der Waals surface area (Å²) in [5.74, 6) is -0.365. The lowest BCUT2D eigenvalue weighted by Gasteiger charge is -2.13. The van der Waals surface area contributed by atoms with Crippen LogP contribution in [0, 0.1) is 5.82 Å². The number of hydrogen-bond acceptors (Lipinski definition) is 6. The predicted octanol–water partition coefficient (Wildman–Crippen LogP) is 1.77. The zero-order valence-corrected chi connectivity index (χ0v) is 18.1. The Bertz CT molecular complexity index is 1360. The second-order valence-corrected chi connectivity index (χ2v) is 7.48. The highest BCUT2D eigenvalue weighted by molar-refractivity contribution is 5.72. The molecule has 0 radical (unpaired) electrons. The molecule has 0 spiro atoms. The van der Waals surface area contributed by atoms with Crippen molar-refractivity contribution in [3.05, 3.63) is 86.6 Å². The van der Waals surface area contributed by atoms with Crippen molar-refractivity contribution in [1.82, 2.24) is 23.7 Å². The molecule has 0 aliphatic rings. The molecule has 0 aliphatic carbocycles. The van der Waals surface area contributed by atoms with Crippen LogP contribution in [0.3, 0.4) is 0 Å². The van der Waals surface area contributed by atoms with Crippen molar-refractivity contribution in [2.24, 2.45) is 0 Å². The molecule has 1 N–H and O–H groups in total. The largest absolute Gasteiger partial charge is 0.465 e. The third kappa shape index (κ3) is 4.56. The maximum atomic E-state index is 13.4. The molecule has 1 aromatic carbocycles. The van der Waals surface area contributed by atoms with E-state index in [1.807, 2.05) is 6.07 Å². The van der Waals surface area contributed by atoms with E-state index in [1.165, 1.54) is 16.7 Å². The SMILES string of the molecule is CCOc1nc2c(c(=O)n(CCCO)c(=O)n2Cc2cccnc2)n1Cc1ccc(F)cc1. The molecule has 3 aromatic heterocycles. The van der Waals surface area contributed by atoms with Crippen molar-refractivity contribution < 1.29 is 14.2 Å². The molecule has 0 fully saturated rings. The Labute approximate surface area is 188 Å². The number of aliphatic hydroxyl groups excluding tert-OH is 1. The van der Waals surface area contributed by atoms with Crippen LogP contribution in [0.5, 0.6) is 6.01 Å². The minimum atomic E-state index is -0.528. The van der Waals surface area contributed by atoms with Gasteiger partial charge in [-0.2, -0.15) is 4.98 Å². The number of hydrogen-bond donors (Lipinski definition) is 1. The lowest BCUT2D eigenvalue weighted by Crippen LogP contribution is -2.41. The summed E-state index contributed by atoms with van der Waals surface area (Å²) in [6.45, 7) is 2.35. The second-order valence-electron chi connectivity index (χ2n) is 7.48. The number of fused-ring (bicyclic) bond motifs is 1. The van der Waals surface area contributed by atoms with Crippen LogP contribution < -0.4 is 16.0 Å². The summed E-state index contributed by atoms with van der Waals surface area (Å²) in [6, 6.07) is 9.69. The standard InChI is InChI=1S/C23H24FN5O4/c1-2-33-22-26-20-19(28(22)14-16-6-8-18(24)9-7-16)21(31)27(11-4-12-30)23(32)29(20)15-17-5-3-10-25-13-17/h3,5-10,13,30H,2,4,11-12,14-15H2,1H3. The van der Waals surface area contributed by atoms with E-state index < -0.39 is 11.2 Å². The molecule has 0 atom stereocenters. The van der Waals surface area contributed by atoms with Crippen LogP contribution in [-0.4, -0.2) is 42.0 Å². The molecule has 0 aliphatic heterocycles. The van der Waals surface area contributed by atoms with Gasteiger partial charge in [0.05, 0.1) is 19.7 Å². The molecule has 33 heavy (non-hydrogen) atoms. The molecule has 0 unspecified atom stereocenters. The zero-order chi connectivity index (χ0) is 23.4. The van der Waals surface area contributed by atoms with E-state index >= 15 is 0 Å². The molecule has 4 aromatic rings. The van der Waals surface area contributed by atoms with Gasteiger partial charge in [-0.3, -0.25) is 23.5 Å². The molecule has 10 heteroatoms. The Kier molecular flexibility index (Phi) is 6.64. The topological polar surface area (TPSA) is 104 Å². The van der Waals surface area contributed by atoms with Gasteiger partial charge >= 0.3 is 5.69 Å². The number of nitrogens with zero attached hydrogens (tertiary/aromatic N) is 5. The molecule has 0 saturated carbocycles. The van der Waals surface area contributed by atoms with Gasteiger partial charge in [0.25, 0.3) is 11.6 Å². The summed E-state index contributed by atoms with van der Waals surface area (Å²) in [6.07, 6.45) is 3.52. The van der Waals surface area contributed by atoms with Crippen LogP contribution in [0.2, 0.25) is 0 Å². The first-order chi connectivity index (χ1) is 16.0. The van der Waals surface area contributed by atoms with Gasteiger partial charge in [-0.25, -0.2) is 9.18 Å². The van der Waals surface area contributed by atoms with Crippen molar-refractivity contribution in [3.8, 4) is 6.01 Å². The van der Waals surface area contributed by atoms with E-state index in [4.69, 9.17) is 4.74 Å². The number of rotatable bonds is 9. The highest BCUT2D eigenvalue weighted by atomic mass is 19.1. The van der Waals surface area contributed by atoms with E-state index in [9.17, 15) is 19.1 Å². The Hall–Kier alpha value is -3.79. The van der Waals surface area contributed by atoms with Crippen LogP contribution in [-0.2, 0) is 19.6 Å². The first-order valence-electron chi connectivity index (χ1n) is 10.6. The first kappa shape index (κ1) is 22.4. The number of ether oxygens (including phenoxy) is 1. The number of imidazole rings is 1. The first-order valence-corrected chi connectivity index (χ1v) is 10.6. The molecule has 0 saturated heterocycles. The highest BCUT2D eigenvalue weighted by Crippen LogP contribution is 2.21. The Morgan fingerprint density at radius 3 is 2.45 bits per heavy atom. The molecule has 3 heterocycles. The van der Waals surface area contributed by atoms with Gasteiger partial charge in [-0.1, -0.05) is 18.2 Å². The molecule has 4 rings (SSSR count). The Morgan fingerprint density at radius 1 is 1.03 bits per heavy atom. The minimum absolute atomic E-state index is 0.0584. The summed E-state index contributed by atoms with van der Waals surface area (Å²) in [7, 11) is 0. The van der Waals surface area contributed by atoms with Gasteiger partial charge < -0.3 is 9.84 Å². The lowest BCUT2D eigenvalue weighted by molar-refractivity contribution is 0.277. The van der Waals surface area contributed by atoms with Gasteiger partial charge in [-0.05, 0) is 42.7 Å². The molecular weight excluding hydrogens is 429 g/mol. The van der Waals surface area contributed by atoms with Crippen LogP contribution in [0.1, 0.15) is 24.5 Å². The lowest BCUT2D eigenvalue weighted by atomic mass is 10.2. The minimum Gasteiger partial charge on any atom is -0.465 e. The summed E-state index contributed by atoms with van der Waals surface area (Å²) in [5.41, 5.74) is 0.844. The number of pyridine rings is 1. The van der Waals surface area contributed by atoms with E-state index in [-0.39, 0.29) is 55.7 Å². The van der Waals surface area contributed by atoms with Gasteiger partial charge in [0, 0.05) is 25.5 Å². The number of benzene rings is 1. The van der Waals surface area contributed by atoms with Crippen molar-refractivity contribution >= 4 is 11.2 Å². The average Bonchev–Trinajstić information content (AvgIpc) is 3.17. The van der Waals surface area contributed by atoms with Crippen LogP contribution in [0.25, 0.3) is 11.2 Å². The van der Waals surface area contributed by atoms with E-state index in [2.05, 4.69) is 9.97 Å². The smallest absolute Gasteiger partial charge is 0.333 e.